The number of nitrogens with one attached hydrogen (secondary N) is 1. The topological polar surface area (TPSA) is 21.3 Å². The fourth-order valence-electron chi connectivity index (χ4n) is 1.76. The largest absolute Gasteiger partial charge is 0.492 e. The summed E-state index contributed by atoms with van der Waals surface area (Å²) < 4.78 is 19.4. The molecule has 1 aromatic heterocycles. The fraction of sp³-hybridized carbons (Fsp3) is 0.286. The molecule has 1 unspecified atom stereocenters. The average Bonchev–Trinajstić information content (AvgIpc) is 2.80. The van der Waals surface area contributed by atoms with Crippen molar-refractivity contribution in [3.8, 4) is 5.75 Å². The average molecular weight is 300 g/mol. The van der Waals surface area contributed by atoms with Gasteiger partial charge in [-0.15, -0.1) is 11.3 Å². The van der Waals surface area contributed by atoms with E-state index in [1.807, 2.05) is 26.0 Å². The number of halogens is 2. The number of thiophene rings is 1. The van der Waals surface area contributed by atoms with Gasteiger partial charge in [-0.2, -0.15) is 0 Å². The molecule has 2 rings (SSSR count). The van der Waals surface area contributed by atoms with Crippen LogP contribution in [0.1, 0.15) is 24.8 Å². The lowest BCUT2D eigenvalue weighted by atomic mass is 10.2. The van der Waals surface area contributed by atoms with Crippen LogP contribution in [0.4, 0.5) is 10.1 Å². The number of ether oxygens (including phenoxy) is 1. The van der Waals surface area contributed by atoms with Gasteiger partial charge in [0, 0.05) is 10.9 Å². The summed E-state index contributed by atoms with van der Waals surface area (Å²) in [5.74, 6) is 0.220. The van der Waals surface area contributed by atoms with E-state index in [1.54, 1.807) is 6.07 Å². The minimum atomic E-state index is -0.305. The van der Waals surface area contributed by atoms with Crippen molar-refractivity contribution in [2.75, 3.05) is 11.9 Å². The summed E-state index contributed by atoms with van der Waals surface area (Å²) in [7, 11) is 0. The van der Waals surface area contributed by atoms with Gasteiger partial charge in [-0.25, -0.2) is 4.39 Å². The lowest BCUT2D eigenvalue weighted by Gasteiger charge is -2.17. The monoisotopic (exact) mass is 299 g/mol. The van der Waals surface area contributed by atoms with Crippen molar-refractivity contribution in [3.63, 3.8) is 0 Å². The molecule has 1 atom stereocenters. The Labute approximate surface area is 121 Å². The van der Waals surface area contributed by atoms with Gasteiger partial charge < -0.3 is 10.1 Å². The van der Waals surface area contributed by atoms with Crippen LogP contribution in [-0.4, -0.2) is 6.61 Å². The molecule has 0 aliphatic rings. The second-order valence-electron chi connectivity index (χ2n) is 4.08. The Kier molecular flexibility index (Phi) is 4.66. The van der Waals surface area contributed by atoms with Crippen LogP contribution in [0.2, 0.25) is 4.34 Å². The number of benzene rings is 1. The first kappa shape index (κ1) is 14.2. The van der Waals surface area contributed by atoms with Gasteiger partial charge >= 0.3 is 0 Å². The van der Waals surface area contributed by atoms with Crippen LogP contribution in [0.15, 0.2) is 30.3 Å². The molecule has 19 heavy (non-hydrogen) atoms. The molecular formula is C14H15ClFNOS. The van der Waals surface area contributed by atoms with E-state index < -0.39 is 0 Å². The predicted octanol–water partition coefficient (Wildman–Crippen LogP) is 5.11. The van der Waals surface area contributed by atoms with Gasteiger partial charge in [-0.1, -0.05) is 11.6 Å². The number of rotatable bonds is 5. The Bertz CT molecular complexity index is 558. The molecular weight excluding hydrogens is 285 g/mol. The van der Waals surface area contributed by atoms with Gasteiger partial charge in [-0.3, -0.25) is 0 Å². The van der Waals surface area contributed by atoms with E-state index in [9.17, 15) is 4.39 Å². The van der Waals surface area contributed by atoms with Crippen molar-refractivity contribution in [3.05, 3.63) is 45.4 Å². The smallest absolute Gasteiger partial charge is 0.145 e. The van der Waals surface area contributed by atoms with E-state index in [2.05, 4.69) is 5.32 Å². The Hall–Kier alpha value is -1.26. The minimum absolute atomic E-state index is 0.0853. The van der Waals surface area contributed by atoms with Crippen LogP contribution < -0.4 is 10.1 Å². The zero-order chi connectivity index (χ0) is 13.8. The highest BCUT2D eigenvalue weighted by molar-refractivity contribution is 7.16. The fourth-order valence-corrected chi connectivity index (χ4v) is 2.82. The maximum atomic E-state index is 13.2. The van der Waals surface area contributed by atoms with Crippen molar-refractivity contribution in [2.24, 2.45) is 0 Å². The second-order valence-corrected chi connectivity index (χ2v) is 5.83. The SMILES string of the molecule is CCOc1cc(F)ccc1NC(C)c1ccc(Cl)s1. The second kappa shape index (κ2) is 6.26. The summed E-state index contributed by atoms with van der Waals surface area (Å²) in [6.45, 7) is 4.40. The van der Waals surface area contributed by atoms with E-state index >= 15 is 0 Å². The molecule has 1 N–H and O–H groups in total. The molecule has 0 amide bonds. The van der Waals surface area contributed by atoms with E-state index in [0.717, 1.165) is 14.9 Å². The van der Waals surface area contributed by atoms with Crippen molar-refractivity contribution in [1.82, 2.24) is 0 Å². The number of hydrogen-bond donors (Lipinski definition) is 1. The van der Waals surface area contributed by atoms with Gasteiger partial charge in [0.15, 0.2) is 0 Å². The summed E-state index contributed by atoms with van der Waals surface area (Å²) >= 11 is 7.45. The van der Waals surface area contributed by atoms with Crippen LogP contribution >= 0.6 is 22.9 Å². The minimum Gasteiger partial charge on any atom is -0.492 e. The zero-order valence-electron chi connectivity index (χ0n) is 10.7. The van der Waals surface area contributed by atoms with Crippen molar-refractivity contribution < 1.29 is 9.13 Å². The summed E-state index contributed by atoms with van der Waals surface area (Å²) in [4.78, 5) is 1.12. The van der Waals surface area contributed by atoms with Crippen LogP contribution in [0.25, 0.3) is 0 Å². The first-order valence-electron chi connectivity index (χ1n) is 6.04. The summed E-state index contributed by atoms with van der Waals surface area (Å²) in [6, 6.07) is 8.43. The number of hydrogen-bond acceptors (Lipinski definition) is 3. The van der Waals surface area contributed by atoms with Gasteiger partial charge in [0.05, 0.1) is 22.7 Å². The lowest BCUT2D eigenvalue weighted by molar-refractivity contribution is 0.339. The maximum absolute atomic E-state index is 13.2. The van der Waals surface area contributed by atoms with Crippen LogP contribution in [-0.2, 0) is 0 Å². The van der Waals surface area contributed by atoms with Crippen molar-refractivity contribution in [1.29, 1.82) is 0 Å². The van der Waals surface area contributed by atoms with Crippen molar-refractivity contribution >= 4 is 28.6 Å². The Balaban J connectivity index is 2.18. The Morgan fingerprint density at radius 1 is 1.37 bits per heavy atom. The molecule has 1 heterocycles. The summed E-state index contributed by atoms with van der Waals surface area (Å²) in [5.41, 5.74) is 0.778. The Morgan fingerprint density at radius 3 is 2.79 bits per heavy atom. The molecule has 0 aliphatic heterocycles. The Morgan fingerprint density at radius 2 is 2.16 bits per heavy atom. The number of anilines is 1. The quantitative estimate of drug-likeness (QED) is 0.828. The van der Waals surface area contributed by atoms with E-state index in [-0.39, 0.29) is 11.9 Å². The first-order valence-corrected chi connectivity index (χ1v) is 7.23. The molecule has 0 fully saturated rings. The van der Waals surface area contributed by atoms with Gasteiger partial charge in [0.2, 0.25) is 0 Å². The van der Waals surface area contributed by atoms with Gasteiger partial charge in [0.25, 0.3) is 0 Å². The molecule has 2 aromatic rings. The predicted molar refractivity (Wildman–Crippen MR) is 78.9 cm³/mol. The third-order valence-corrected chi connectivity index (χ3v) is 4.05. The van der Waals surface area contributed by atoms with Gasteiger partial charge in [0.1, 0.15) is 11.6 Å². The third-order valence-electron chi connectivity index (χ3n) is 2.64. The highest BCUT2D eigenvalue weighted by Gasteiger charge is 2.11. The molecule has 0 aliphatic carbocycles. The first-order chi connectivity index (χ1) is 9.10. The molecule has 5 heteroatoms. The van der Waals surface area contributed by atoms with Crippen LogP contribution in [0.3, 0.4) is 0 Å². The molecule has 0 bridgehead atoms. The van der Waals surface area contributed by atoms with E-state index in [0.29, 0.717) is 12.4 Å². The highest BCUT2D eigenvalue weighted by Crippen LogP contribution is 2.32. The molecule has 0 saturated carbocycles. The molecule has 0 spiro atoms. The zero-order valence-corrected chi connectivity index (χ0v) is 12.3. The lowest BCUT2D eigenvalue weighted by Crippen LogP contribution is -2.07. The molecule has 102 valence electrons. The van der Waals surface area contributed by atoms with E-state index in [1.165, 1.54) is 23.5 Å². The van der Waals surface area contributed by atoms with Crippen molar-refractivity contribution in [2.45, 2.75) is 19.9 Å². The van der Waals surface area contributed by atoms with Crippen LogP contribution in [0, 0.1) is 5.82 Å². The normalized spacial score (nSPS) is 12.2. The molecule has 1 aromatic carbocycles. The molecule has 0 saturated heterocycles. The standard InChI is InChI=1S/C14H15ClFNOS/c1-3-18-12-8-10(16)4-5-11(12)17-9(2)13-6-7-14(15)19-13/h4-9,17H,3H2,1-2H3. The molecule has 2 nitrogen and oxygen atoms in total. The maximum Gasteiger partial charge on any atom is 0.145 e. The summed E-state index contributed by atoms with van der Waals surface area (Å²) in [6.07, 6.45) is 0. The third kappa shape index (κ3) is 3.61. The van der Waals surface area contributed by atoms with Crippen LogP contribution in [0.5, 0.6) is 5.75 Å². The highest BCUT2D eigenvalue weighted by atomic mass is 35.5. The summed E-state index contributed by atoms with van der Waals surface area (Å²) in [5, 5.41) is 3.31. The van der Waals surface area contributed by atoms with Gasteiger partial charge in [-0.05, 0) is 38.1 Å². The van der Waals surface area contributed by atoms with E-state index in [4.69, 9.17) is 16.3 Å². The molecule has 0 radical (unpaired) electrons.